The van der Waals surface area contributed by atoms with Crippen molar-refractivity contribution in [3.8, 4) is 11.5 Å². The lowest BCUT2D eigenvalue weighted by atomic mass is 10.00. The number of pyridine rings is 2. The fourth-order valence-electron chi connectivity index (χ4n) is 3.51. The molecule has 4 N–H and O–H groups in total. The third kappa shape index (κ3) is 4.68. The summed E-state index contributed by atoms with van der Waals surface area (Å²) in [6.07, 6.45) is 5.70. The van der Waals surface area contributed by atoms with Crippen molar-refractivity contribution in [1.29, 1.82) is 5.41 Å². The summed E-state index contributed by atoms with van der Waals surface area (Å²) >= 11 is 12.4. The first-order valence-electron chi connectivity index (χ1n) is 10.2. The van der Waals surface area contributed by atoms with Gasteiger partial charge in [-0.1, -0.05) is 23.2 Å². The monoisotopic (exact) mass is 487 g/mol. The summed E-state index contributed by atoms with van der Waals surface area (Å²) in [5, 5.41) is 19.3. The Labute approximate surface area is 201 Å². The smallest absolute Gasteiger partial charge is 0.162 e. The van der Waals surface area contributed by atoms with Gasteiger partial charge in [-0.25, -0.2) is 4.98 Å². The standard InChI is InChI=1S/C23H23Cl2N5O3/c1-32-20-7-19(26)15(6-21(20)33-12-16-17(24)9-28-10-18(16)25)22(27)13-5-14(11-31)23(29-8-13)30-3-2-4-30/h5-10,27,31H,2-4,11-12,26H2,1H3. The number of aliphatic hydroxyl groups excluding tert-OH is 1. The maximum absolute atomic E-state index is 9.83. The number of rotatable bonds is 8. The zero-order valence-corrected chi connectivity index (χ0v) is 19.5. The predicted molar refractivity (Wildman–Crippen MR) is 129 cm³/mol. The number of nitrogens with zero attached hydrogens (tertiary/aromatic N) is 3. The zero-order chi connectivity index (χ0) is 23.5. The highest BCUT2D eigenvalue weighted by Crippen LogP contribution is 2.35. The molecular formula is C23H23Cl2N5O3. The number of anilines is 2. The normalized spacial score (nSPS) is 12.9. The van der Waals surface area contributed by atoms with Crippen LogP contribution in [-0.2, 0) is 13.2 Å². The van der Waals surface area contributed by atoms with E-state index in [1.165, 1.54) is 19.5 Å². The van der Waals surface area contributed by atoms with Crippen LogP contribution in [0.15, 0.2) is 36.8 Å². The molecule has 1 aliphatic rings. The number of nitrogens with two attached hydrogens (primary N) is 1. The first-order chi connectivity index (χ1) is 15.9. The Balaban J connectivity index is 1.64. The Hall–Kier alpha value is -3.07. The Morgan fingerprint density at radius 2 is 1.88 bits per heavy atom. The van der Waals surface area contributed by atoms with Gasteiger partial charge in [-0.05, 0) is 18.6 Å². The second-order valence-corrected chi connectivity index (χ2v) is 8.36. The number of hydrogen-bond acceptors (Lipinski definition) is 8. The van der Waals surface area contributed by atoms with E-state index >= 15 is 0 Å². The van der Waals surface area contributed by atoms with Crippen LogP contribution in [0.3, 0.4) is 0 Å². The number of hydrogen-bond donors (Lipinski definition) is 3. The molecule has 2 aromatic heterocycles. The molecule has 0 amide bonds. The fourth-order valence-corrected chi connectivity index (χ4v) is 3.99. The largest absolute Gasteiger partial charge is 0.493 e. The van der Waals surface area contributed by atoms with Crippen LogP contribution in [0.5, 0.6) is 11.5 Å². The maximum atomic E-state index is 9.83. The summed E-state index contributed by atoms with van der Waals surface area (Å²) in [6.45, 7) is 1.73. The van der Waals surface area contributed by atoms with Crippen LogP contribution < -0.4 is 20.1 Å². The van der Waals surface area contributed by atoms with Gasteiger partial charge in [0, 0.05) is 65.7 Å². The molecule has 0 spiro atoms. The number of nitrogen functional groups attached to an aromatic ring is 1. The highest BCUT2D eigenvalue weighted by molar-refractivity contribution is 6.35. The Morgan fingerprint density at radius 3 is 2.48 bits per heavy atom. The minimum atomic E-state index is -0.167. The topological polar surface area (TPSA) is 118 Å². The molecule has 0 unspecified atom stereocenters. The number of benzene rings is 1. The lowest BCUT2D eigenvalue weighted by Crippen LogP contribution is -2.38. The molecule has 8 nitrogen and oxygen atoms in total. The molecule has 1 aromatic carbocycles. The van der Waals surface area contributed by atoms with Gasteiger partial charge in [0.1, 0.15) is 12.4 Å². The van der Waals surface area contributed by atoms with Crippen molar-refractivity contribution in [2.24, 2.45) is 0 Å². The second kappa shape index (κ2) is 9.82. The van der Waals surface area contributed by atoms with Gasteiger partial charge in [-0.2, -0.15) is 0 Å². The molecular weight excluding hydrogens is 465 g/mol. The van der Waals surface area contributed by atoms with Crippen LogP contribution in [0.25, 0.3) is 0 Å². The zero-order valence-electron chi connectivity index (χ0n) is 17.9. The molecule has 0 bridgehead atoms. The predicted octanol–water partition coefficient (Wildman–Crippen LogP) is 4.07. The lowest BCUT2D eigenvalue weighted by Gasteiger charge is -2.33. The summed E-state index contributed by atoms with van der Waals surface area (Å²) in [6, 6.07) is 5.01. The van der Waals surface area contributed by atoms with E-state index in [1.54, 1.807) is 24.4 Å². The van der Waals surface area contributed by atoms with Crippen LogP contribution in [0, 0.1) is 5.41 Å². The molecule has 33 heavy (non-hydrogen) atoms. The van der Waals surface area contributed by atoms with Crippen molar-refractivity contribution in [2.75, 3.05) is 30.8 Å². The molecule has 1 aliphatic heterocycles. The van der Waals surface area contributed by atoms with Crippen LogP contribution in [0.4, 0.5) is 11.5 Å². The van der Waals surface area contributed by atoms with Gasteiger partial charge >= 0.3 is 0 Å². The van der Waals surface area contributed by atoms with Crippen molar-refractivity contribution < 1.29 is 14.6 Å². The molecule has 4 rings (SSSR count). The van der Waals surface area contributed by atoms with Gasteiger partial charge in [-0.3, -0.25) is 10.4 Å². The quantitative estimate of drug-likeness (QED) is 0.323. The second-order valence-electron chi connectivity index (χ2n) is 7.54. The van der Waals surface area contributed by atoms with E-state index in [-0.39, 0.29) is 18.9 Å². The maximum Gasteiger partial charge on any atom is 0.162 e. The van der Waals surface area contributed by atoms with E-state index < -0.39 is 0 Å². The lowest BCUT2D eigenvalue weighted by molar-refractivity contribution is 0.281. The third-order valence-electron chi connectivity index (χ3n) is 5.49. The van der Waals surface area contributed by atoms with Crippen LogP contribution in [0.1, 0.15) is 28.7 Å². The molecule has 1 fully saturated rings. The van der Waals surface area contributed by atoms with E-state index in [0.29, 0.717) is 49.5 Å². The molecule has 0 atom stereocenters. The summed E-state index contributed by atoms with van der Waals surface area (Å²) in [5.74, 6) is 1.54. The van der Waals surface area contributed by atoms with E-state index in [4.69, 9.17) is 43.8 Å². The fraction of sp³-hybridized carbons (Fsp3) is 0.261. The molecule has 0 saturated carbocycles. The van der Waals surface area contributed by atoms with Gasteiger partial charge in [0.05, 0.1) is 29.5 Å². The average molecular weight is 488 g/mol. The minimum Gasteiger partial charge on any atom is -0.493 e. The van der Waals surface area contributed by atoms with Crippen LogP contribution in [-0.4, -0.2) is 41.0 Å². The minimum absolute atomic E-state index is 0.0774. The van der Waals surface area contributed by atoms with Crippen molar-refractivity contribution in [2.45, 2.75) is 19.6 Å². The van der Waals surface area contributed by atoms with Gasteiger partial charge in [0.15, 0.2) is 11.5 Å². The van der Waals surface area contributed by atoms with E-state index in [1.807, 2.05) is 0 Å². The van der Waals surface area contributed by atoms with Crippen molar-refractivity contribution in [1.82, 2.24) is 9.97 Å². The number of aliphatic hydroxyl groups is 1. The Morgan fingerprint density at radius 1 is 1.15 bits per heavy atom. The molecule has 3 heterocycles. The van der Waals surface area contributed by atoms with Gasteiger partial charge < -0.3 is 25.2 Å². The van der Waals surface area contributed by atoms with Crippen LogP contribution in [0.2, 0.25) is 10.0 Å². The first-order valence-corrected chi connectivity index (χ1v) is 11.0. The Bertz CT molecular complexity index is 1180. The average Bonchev–Trinajstić information content (AvgIpc) is 2.78. The molecule has 0 aliphatic carbocycles. The van der Waals surface area contributed by atoms with E-state index in [2.05, 4.69) is 14.9 Å². The number of halogens is 2. The summed E-state index contributed by atoms with van der Waals surface area (Å²) in [4.78, 5) is 10.5. The third-order valence-corrected chi connectivity index (χ3v) is 6.14. The Kier molecular flexibility index (Phi) is 6.88. The highest BCUT2D eigenvalue weighted by atomic mass is 35.5. The van der Waals surface area contributed by atoms with Gasteiger partial charge in [0.25, 0.3) is 0 Å². The van der Waals surface area contributed by atoms with Gasteiger partial charge in [-0.15, -0.1) is 0 Å². The van der Waals surface area contributed by atoms with Crippen molar-refractivity contribution >= 4 is 40.4 Å². The summed E-state index contributed by atoms with van der Waals surface area (Å²) in [7, 11) is 1.50. The molecule has 3 aromatic rings. The first kappa shape index (κ1) is 23.1. The number of methoxy groups -OCH3 is 1. The number of nitrogens with one attached hydrogen (secondary N) is 1. The molecule has 1 saturated heterocycles. The van der Waals surface area contributed by atoms with E-state index in [0.717, 1.165) is 25.3 Å². The summed E-state index contributed by atoms with van der Waals surface area (Å²) < 4.78 is 11.3. The van der Waals surface area contributed by atoms with Crippen molar-refractivity contribution in [3.63, 3.8) is 0 Å². The van der Waals surface area contributed by atoms with Gasteiger partial charge in [0.2, 0.25) is 0 Å². The molecule has 172 valence electrons. The molecule has 0 radical (unpaired) electrons. The molecule has 10 heteroatoms. The van der Waals surface area contributed by atoms with Crippen LogP contribution >= 0.6 is 23.2 Å². The number of ether oxygens (including phenoxy) is 2. The van der Waals surface area contributed by atoms with Crippen molar-refractivity contribution in [3.05, 3.63) is 69.1 Å². The summed E-state index contributed by atoms with van der Waals surface area (Å²) in [5.41, 5.74) is 8.97. The van der Waals surface area contributed by atoms with E-state index in [9.17, 15) is 5.11 Å². The SMILES string of the molecule is COc1cc(N)c(C(=N)c2cnc(N3CCC3)c(CO)c2)cc1OCc1c(Cl)cncc1Cl. The highest BCUT2D eigenvalue weighted by Gasteiger charge is 2.21. The number of aromatic nitrogens is 2.